The Bertz CT molecular complexity index is 486. The lowest BCUT2D eigenvalue weighted by Crippen LogP contribution is -2.19. The molecule has 0 radical (unpaired) electrons. The molecular formula is C11H10BrFN2S. The van der Waals surface area contributed by atoms with Crippen LogP contribution in [0.15, 0.2) is 34.2 Å². The van der Waals surface area contributed by atoms with Crippen molar-refractivity contribution in [1.29, 1.82) is 0 Å². The van der Waals surface area contributed by atoms with Gasteiger partial charge in [0, 0.05) is 15.5 Å². The quantitative estimate of drug-likeness (QED) is 0.940. The number of halogens is 2. The third-order valence-corrected chi connectivity index (χ3v) is 4.19. The van der Waals surface area contributed by atoms with Gasteiger partial charge in [0.15, 0.2) is 0 Å². The van der Waals surface area contributed by atoms with Crippen LogP contribution in [0.3, 0.4) is 0 Å². The van der Waals surface area contributed by atoms with Gasteiger partial charge in [-0.05, 0) is 46.6 Å². The van der Waals surface area contributed by atoms with Crippen LogP contribution in [0.5, 0.6) is 0 Å². The highest BCUT2D eigenvalue weighted by Crippen LogP contribution is 2.32. The molecule has 2 aromatic heterocycles. The summed E-state index contributed by atoms with van der Waals surface area (Å²) in [6, 6.07) is 4.75. The number of pyridine rings is 1. The van der Waals surface area contributed by atoms with Crippen molar-refractivity contribution in [2.45, 2.75) is 6.04 Å². The maximum atomic E-state index is 13.6. The summed E-state index contributed by atoms with van der Waals surface area (Å²) < 4.78 is 14.6. The third kappa shape index (κ3) is 2.16. The van der Waals surface area contributed by atoms with E-state index in [1.54, 1.807) is 30.6 Å². The number of aromatic nitrogens is 1. The van der Waals surface area contributed by atoms with Gasteiger partial charge >= 0.3 is 0 Å². The molecule has 0 fully saturated rings. The molecule has 0 saturated carbocycles. The maximum absolute atomic E-state index is 13.6. The maximum Gasteiger partial charge on any atom is 0.146 e. The lowest BCUT2D eigenvalue weighted by molar-refractivity contribution is 0.562. The lowest BCUT2D eigenvalue weighted by atomic mass is 10.1. The number of rotatable bonds is 3. The summed E-state index contributed by atoms with van der Waals surface area (Å²) in [7, 11) is 1.80. The van der Waals surface area contributed by atoms with Crippen LogP contribution in [0.25, 0.3) is 0 Å². The minimum Gasteiger partial charge on any atom is -0.307 e. The molecule has 0 saturated heterocycles. The first-order valence-corrected chi connectivity index (χ1v) is 6.42. The van der Waals surface area contributed by atoms with Crippen molar-refractivity contribution in [2.24, 2.45) is 0 Å². The average molecular weight is 301 g/mol. The summed E-state index contributed by atoms with van der Waals surface area (Å²) in [6.07, 6.45) is 1.60. The van der Waals surface area contributed by atoms with Crippen LogP contribution in [0.1, 0.15) is 16.6 Å². The Morgan fingerprint density at radius 3 is 2.88 bits per heavy atom. The minimum absolute atomic E-state index is 0.212. The number of nitrogens with one attached hydrogen (secondary N) is 1. The van der Waals surface area contributed by atoms with Crippen molar-refractivity contribution >= 4 is 27.3 Å². The monoisotopic (exact) mass is 300 g/mol. The summed E-state index contributed by atoms with van der Waals surface area (Å²) in [6.45, 7) is 0. The second-order valence-electron chi connectivity index (χ2n) is 3.22. The average Bonchev–Trinajstić information content (AvgIpc) is 2.69. The van der Waals surface area contributed by atoms with Crippen molar-refractivity contribution in [3.05, 3.63) is 50.6 Å². The summed E-state index contributed by atoms with van der Waals surface area (Å²) in [5.41, 5.74) is 0.424. The van der Waals surface area contributed by atoms with E-state index in [4.69, 9.17) is 0 Å². The topological polar surface area (TPSA) is 24.9 Å². The van der Waals surface area contributed by atoms with Crippen LogP contribution in [-0.2, 0) is 0 Å². The number of thiophene rings is 1. The Morgan fingerprint density at radius 2 is 2.31 bits per heavy atom. The molecule has 0 spiro atoms. The predicted molar refractivity (Wildman–Crippen MR) is 67.1 cm³/mol. The fourth-order valence-electron chi connectivity index (χ4n) is 1.51. The SMILES string of the molecule is CNC(c1ncccc1F)c1sccc1Br. The van der Waals surface area contributed by atoms with E-state index in [2.05, 4.69) is 26.2 Å². The molecule has 1 atom stereocenters. The van der Waals surface area contributed by atoms with E-state index in [9.17, 15) is 4.39 Å². The summed E-state index contributed by atoms with van der Waals surface area (Å²) >= 11 is 5.02. The van der Waals surface area contributed by atoms with Gasteiger partial charge in [-0.25, -0.2) is 4.39 Å². The van der Waals surface area contributed by atoms with Crippen molar-refractivity contribution in [1.82, 2.24) is 10.3 Å². The smallest absolute Gasteiger partial charge is 0.146 e. The highest BCUT2D eigenvalue weighted by molar-refractivity contribution is 9.10. The van der Waals surface area contributed by atoms with E-state index in [0.29, 0.717) is 5.69 Å². The summed E-state index contributed by atoms with van der Waals surface area (Å²) in [4.78, 5) is 5.12. The number of nitrogens with zero attached hydrogens (tertiary/aromatic N) is 1. The van der Waals surface area contributed by atoms with Crippen LogP contribution in [0.2, 0.25) is 0 Å². The first kappa shape index (κ1) is 11.7. The van der Waals surface area contributed by atoms with Crippen molar-refractivity contribution in [3.63, 3.8) is 0 Å². The third-order valence-electron chi connectivity index (χ3n) is 2.26. The fourth-order valence-corrected chi connectivity index (χ4v) is 3.23. The first-order chi connectivity index (χ1) is 7.74. The molecule has 0 bridgehead atoms. The van der Waals surface area contributed by atoms with E-state index in [-0.39, 0.29) is 11.9 Å². The zero-order valence-corrected chi connectivity index (χ0v) is 11.0. The molecule has 0 aliphatic heterocycles. The van der Waals surface area contributed by atoms with Crippen LogP contribution in [-0.4, -0.2) is 12.0 Å². The molecule has 2 heterocycles. The van der Waals surface area contributed by atoms with Gasteiger partial charge in [-0.15, -0.1) is 11.3 Å². The molecule has 1 N–H and O–H groups in total. The van der Waals surface area contributed by atoms with Gasteiger partial charge in [-0.1, -0.05) is 0 Å². The lowest BCUT2D eigenvalue weighted by Gasteiger charge is -2.15. The molecule has 0 aliphatic rings. The minimum atomic E-state index is -0.290. The standard InChI is InChI=1S/C11H10BrFN2S/c1-14-10(11-7(12)4-6-16-11)9-8(13)3-2-5-15-9/h2-6,10,14H,1H3. The predicted octanol–water partition coefficient (Wildman–Crippen LogP) is 3.35. The largest absolute Gasteiger partial charge is 0.307 e. The molecule has 84 valence electrons. The molecule has 16 heavy (non-hydrogen) atoms. The number of hydrogen-bond donors (Lipinski definition) is 1. The molecule has 2 rings (SSSR count). The Morgan fingerprint density at radius 1 is 1.50 bits per heavy atom. The Labute approximate surface area is 106 Å². The van der Waals surface area contributed by atoms with Gasteiger partial charge in [0.2, 0.25) is 0 Å². The van der Waals surface area contributed by atoms with E-state index < -0.39 is 0 Å². The second kappa shape index (κ2) is 5.03. The van der Waals surface area contributed by atoms with E-state index in [0.717, 1.165) is 9.35 Å². The van der Waals surface area contributed by atoms with Gasteiger partial charge < -0.3 is 5.32 Å². The zero-order valence-electron chi connectivity index (χ0n) is 8.58. The van der Waals surface area contributed by atoms with Gasteiger partial charge in [0.1, 0.15) is 5.82 Å². The van der Waals surface area contributed by atoms with Gasteiger partial charge in [-0.2, -0.15) is 0 Å². The van der Waals surface area contributed by atoms with E-state index in [1.165, 1.54) is 6.07 Å². The summed E-state index contributed by atoms with van der Waals surface area (Å²) in [5.74, 6) is -0.290. The molecule has 0 amide bonds. The zero-order chi connectivity index (χ0) is 11.5. The van der Waals surface area contributed by atoms with Gasteiger partial charge in [0.25, 0.3) is 0 Å². The number of hydrogen-bond acceptors (Lipinski definition) is 3. The normalized spacial score (nSPS) is 12.7. The molecular weight excluding hydrogens is 291 g/mol. The van der Waals surface area contributed by atoms with E-state index in [1.807, 2.05) is 11.4 Å². The van der Waals surface area contributed by atoms with E-state index >= 15 is 0 Å². The highest BCUT2D eigenvalue weighted by Gasteiger charge is 2.20. The molecule has 2 aromatic rings. The van der Waals surface area contributed by atoms with Crippen LogP contribution in [0, 0.1) is 5.82 Å². The van der Waals surface area contributed by atoms with Crippen molar-refractivity contribution in [2.75, 3.05) is 7.05 Å². The molecule has 1 unspecified atom stereocenters. The first-order valence-electron chi connectivity index (χ1n) is 4.74. The highest BCUT2D eigenvalue weighted by atomic mass is 79.9. The van der Waals surface area contributed by atoms with Crippen LogP contribution < -0.4 is 5.32 Å². The molecule has 0 aromatic carbocycles. The summed E-state index contributed by atoms with van der Waals surface area (Å²) in [5, 5.41) is 5.04. The van der Waals surface area contributed by atoms with Crippen molar-refractivity contribution in [3.8, 4) is 0 Å². The Hall–Kier alpha value is -0.780. The van der Waals surface area contributed by atoms with Gasteiger partial charge in [-0.3, -0.25) is 4.98 Å². The molecule has 5 heteroatoms. The Kier molecular flexibility index (Phi) is 3.68. The fraction of sp³-hybridized carbons (Fsp3) is 0.182. The Balaban J connectivity index is 2.45. The second-order valence-corrected chi connectivity index (χ2v) is 5.03. The molecule has 0 aliphatic carbocycles. The van der Waals surface area contributed by atoms with Crippen molar-refractivity contribution < 1.29 is 4.39 Å². The van der Waals surface area contributed by atoms with Crippen LogP contribution >= 0.6 is 27.3 Å². The van der Waals surface area contributed by atoms with Gasteiger partial charge in [0.05, 0.1) is 11.7 Å². The molecule has 2 nitrogen and oxygen atoms in total. The van der Waals surface area contributed by atoms with Crippen LogP contribution in [0.4, 0.5) is 4.39 Å².